The summed E-state index contributed by atoms with van der Waals surface area (Å²) in [7, 11) is -3.48. The lowest BCUT2D eigenvalue weighted by Crippen LogP contribution is -2.06. The van der Waals surface area contributed by atoms with Crippen LogP contribution in [0.5, 0.6) is 0 Å². The van der Waals surface area contributed by atoms with E-state index in [0.717, 1.165) is 0 Å². The molecule has 0 spiro atoms. The first-order chi connectivity index (χ1) is 7.97. The second kappa shape index (κ2) is 4.44. The number of sulfone groups is 1. The zero-order valence-electron chi connectivity index (χ0n) is 8.94. The molecule has 0 aliphatic heterocycles. The van der Waals surface area contributed by atoms with E-state index in [1.165, 1.54) is 6.92 Å². The Hall–Kier alpha value is -0.840. The molecule has 1 heterocycles. The Labute approximate surface area is 109 Å². The van der Waals surface area contributed by atoms with Gasteiger partial charge >= 0.3 is 0 Å². The molecule has 0 N–H and O–H groups in total. The largest absolute Gasteiger partial charge is 0.235 e. The van der Waals surface area contributed by atoms with E-state index < -0.39 is 9.84 Å². The Morgan fingerprint density at radius 1 is 1.24 bits per heavy atom. The van der Waals surface area contributed by atoms with Crippen molar-refractivity contribution in [1.82, 2.24) is 4.98 Å². The van der Waals surface area contributed by atoms with Gasteiger partial charge in [0.05, 0.1) is 16.3 Å². The van der Waals surface area contributed by atoms with Gasteiger partial charge in [0, 0.05) is 5.39 Å². The Bertz CT molecular complexity index is 683. The summed E-state index contributed by atoms with van der Waals surface area (Å²) in [5.74, 6) is -0.0630. The molecular formula is C11H9Cl2NO2S. The van der Waals surface area contributed by atoms with E-state index in [1.807, 2.05) is 0 Å². The molecule has 2 rings (SSSR count). The number of hydrogen-bond acceptors (Lipinski definition) is 3. The summed E-state index contributed by atoms with van der Waals surface area (Å²) in [4.78, 5) is 3.97. The van der Waals surface area contributed by atoms with Gasteiger partial charge < -0.3 is 0 Å². The van der Waals surface area contributed by atoms with Gasteiger partial charge in [0.2, 0.25) is 0 Å². The number of rotatable bonds is 2. The highest BCUT2D eigenvalue weighted by atomic mass is 35.5. The van der Waals surface area contributed by atoms with E-state index >= 15 is 0 Å². The number of para-hydroxylation sites is 1. The SMILES string of the molecule is CCS(=O)(=O)c1c(Cl)nc2ccccc2c1Cl. The first-order valence-electron chi connectivity index (χ1n) is 4.94. The molecule has 1 aromatic heterocycles. The van der Waals surface area contributed by atoms with Crippen LogP contribution >= 0.6 is 23.2 Å². The summed E-state index contributed by atoms with van der Waals surface area (Å²) in [6.07, 6.45) is 0. The standard InChI is InChI=1S/C11H9Cl2NO2S/c1-2-17(15,16)10-9(12)7-5-3-4-6-8(7)14-11(10)13/h3-6H,2H2,1H3. The van der Waals surface area contributed by atoms with E-state index in [1.54, 1.807) is 24.3 Å². The number of pyridine rings is 1. The first kappa shape index (κ1) is 12.6. The van der Waals surface area contributed by atoms with Gasteiger partial charge in [-0.2, -0.15) is 0 Å². The third kappa shape index (κ3) is 2.12. The quantitative estimate of drug-likeness (QED) is 0.797. The maximum atomic E-state index is 11.9. The molecule has 0 saturated carbocycles. The van der Waals surface area contributed by atoms with Crippen molar-refractivity contribution in [2.24, 2.45) is 0 Å². The van der Waals surface area contributed by atoms with E-state index in [0.29, 0.717) is 10.9 Å². The predicted molar refractivity (Wildman–Crippen MR) is 69.5 cm³/mol. The fourth-order valence-electron chi connectivity index (χ4n) is 1.54. The molecule has 2 aromatic rings. The van der Waals surface area contributed by atoms with Gasteiger partial charge in [-0.3, -0.25) is 0 Å². The number of aromatic nitrogens is 1. The highest BCUT2D eigenvalue weighted by molar-refractivity contribution is 7.91. The summed E-state index contributed by atoms with van der Waals surface area (Å²) in [6, 6.07) is 7.01. The molecular weight excluding hydrogens is 281 g/mol. The summed E-state index contributed by atoms with van der Waals surface area (Å²) in [5, 5.41) is 0.656. The van der Waals surface area contributed by atoms with Crippen LogP contribution < -0.4 is 0 Å². The monoisotopic (exact) mass is 289 g/mol. The molecule has 3 nitrogen and oxygen atoms in total. The van der Waals surface area contributed by atoms with Crippen LogP contribution in [0.2, 0.25) is 10.2 Å². The topological polar surface area (TPSA) is 47.0 Å². The maximum absolute atomic E-state index is 11.9. The van der Waals surface area contributed by atoms with Gasteiger partial charge in [0.15, 0.2) is 9.84 Å². The van der Waals surface area contributed by atoms with Crippen molar-refractivity contribution in [3.63, 3.8) is 0 Å². The molecule has 0 atom stereocenters. The van der Waals surface area contributed by atoms with Gasteiger partial charge in [-0.15, -0.1) is 0 Å². The number of hydrogen-bond donors (Lipinski definition) is 0. The molecule has 0 bridgehead atoms. The molecule has 0 amide bonds. The Morgan fingerprint density at radius 3 is 2.53 bits per heavy atom. The van der Waals surface area contributed by atoms with Crippen LogP contribution in [0.25, 0.3) is 10.9 Å². The maximum Gasteiger partial charge on any atom is 0.182 e. The minimum Gasteiger partial charge on any atom is -0.235 e. The van der Waals surface area contributed by atoms with Gasteiger partial charge in [-0.1, -0.05) is 48.3 Å². The van der Waals surface area contributed by atoms with E-state index in [-0.39, 0.29) is 20.8 Å². The second-order valence-electron chi connectivity index (χ2n) is 3.47. The molecule has 90 valence electrons. The van der Waals surface area contributed by atoms with Crippen LogP contribution in [0.1, 0.15) is 6.92 Å². The van der Waals surface area contributed by atoms with Gasteiger partial charge in [0.25, 0.3) is 0 Å². The van der Waals surface area contributed by atoms with Crippen LogP contribution in [-0.2, 0) is 9.84 Å². The van der Waals surface area contributed by atoms with Crippen molar-refractivity contribution >= 4 is 43.9 Å². The number of halogens is 2. The lowest BCUT2D eigenvalue weighted by molar-refractivity contribution is 0.597. The third-order valence-corrected chi connectivity index (χ3v) is 5.11. The van der Waals surface area contributed by atoms with Crippen molar-refractivity contribution < 1.29 is 8.42 Å². The van der Waals surface area contributed by atoms with E-state index in [2.05, 4.69) is 4.98 Å². The normalized spacial score (nSPS) is 11.9. The van der Waals surface area contributed by atoms with Gasteiger partial charge in [-0.25, -0.2) is 13.4 Å². The van der Waals surface area contributed by atoms with E-state index in [4.69, 9.17) is 23.2 Å². The minimum atomic E-state index is -3.48. The molecule has 0 fully saturated rings. The van der Waals surface area contributed by atoms with Crippen molar-refractivity contribution in [3.8, 4) is 0 Å². The molecule has 17 heavy (non-hydrogen) atoms. The predicted octanol–water partition coefficient (Wildman–Crippen LogP) is 3.34. The van der Waals surface area contributed by atoms with Gasteiger partial charge in [-0.05, 0) is 6.07 Å². The average Bonchev–Trinajstić information content (AvgIpc) is 2.28. The van der Waals surface area contributed by atoms with Gasteiger partial charge in [0.1, 0.15) is 10.0 Å². The Morgan fingerprint density at radius 2 is 1.88 bits per heavy atom. The molecule has 0 radical (unpaired) electrons. The van der Waals surface area contributed by atoms with Crippen molar-refractivity contribution in [3.05, 3.63) is 34.4 Å². The molecule has 6 heteroatoms. The summed E-state index contributed by atoms with van der Waals surface area (Å²) in [5.41, 5.74) is 0.581. The average molecular weight is 290 g/mol. The lowest BCUT2D eigenvalue weighted by Gasteiger charge is -2.08. The molecule has 0 unspecified atom stereocenters. The number of fused-ring (bicyclic) bond motifs is 1. The van der Waals surface area contributed by atoms with Crippen LogP contribution in [0.3, 0.4) is 0 Å². The Kier molecular flexibility index (Phi) is 3.30. The number of nitrogens with zero attached hydrogens (tertiary/aromatic N) is 1. The molecule has 1 aromatic carbocycles. The fourth-order valence-corrected chi connectivity index (χ4v) is 3.70. The summed E-state index contributed by atoms with van der Waals surface area (Å²) in [6.45, 7) is 1.54. The van der Waals surface area contributed by atoms with Crippen molar-refractivity contribution in [2.75, 3.05) is 5.75 Å². The highest BCUT2D eigenvalue weighted by Crippen LogP contribution is 2.34. The van der Waals surface area contributed by atoms with Crippen molar-refractivity contribution in [2.45, 2.75) is 11.8 Å². The zero-order chi connectivity index (χ0) is 12.6. The fraction of sp³-hybridized carbons (Fsp3) is 0.182. The van der Waals surface area contributed by atoms with Crippen LogP contribution in [0, 0.1) is 0 Å². The zero-order valence-corrected chi connectivity index (χ0v) is 11.3. The molecule has 0 saturated heterocycles. The smallest absolute Gasteiger partial charge is 0.182 e. The summed E-state index contributed by atoms with van der Waals surface area (Å²) < 4.78 is 23.8. The van der Waals surface area contributed by atoms with Crippen LogP contribution in [0.15, 0.2) is 29.2 Å². The third-order valence-electron chi connectivity index (χ3n) is 2.44. The van der Waals surface area contributed by atoms with E-state index in [9.17, 15) is 8.42 Å². The second-order valence-corrected chi connectivity index (χ2v) is 6.42. The first-order valence-corrected chi connectivity index (χ1v) is 7.34. The summed E-state index contributed by atoms with van der Waals surface area (Å²) >= 11 is 12.0. The molecule has 0 aliphatic rings. The highest BCUT2D eigenvalue weighted by Gasteiger charge is 2.23. The number of benzene rings is 1. The van der Waals surface area contributed by atoms with Crippen molar-refractivity contribution in [1.29, 1.82) is 0 Å². The Balaban J connectivity index is 2.91. The molecule has 0 aliphatic carbocycles. The van der Waals surface area contributed by atoms with Crippen LogP contribution in [0.4, 0.5) is 0 Å². The minimum absolute atomic E-state index is 0.0630. The lowest BCUT2D eigenvalue weighted by atomic mass is 10.2. The van der Waals surface area contributed by atoms with Crippen LogP contribution in [-0.4, -0.2) is 19.2 Å².